The highest BCUT2D eigenvalue weighted by Gasteiger charge is 2.23. The Morgan fingerprint density at radius 3 is 1.51 bits per heavy atom. The summed E-state index contributed by atoms with van der Waals surface area (Å²) in [6.45, 7) is 0. The van der Waals surface area contributed by atoms with Crippen LogP contribution in [0.1, 0.15) is 0 Å². The van der Waals surface area contributed by atoms with E-state index in [2.05, 4.69) is 182 Å². The van der Waals surface area contributed by atoms with Gasteiger partial charge in [0.1, 0.15) is 11.2 Å². The first kappa shape index (κ1) is 31.6. The van der Waals surface area contributed by atoms with E-state index in [1.165, 1.54) is 32.3 Å². The Morgan fingerprint density at radius 1 is 0.316 bits per heavy atom. The summed E-state index contributed by atoms with van der Waals surface area (Å²) in [6.07, 6.45) is 0. The van der Waals surface area contributed by atoms with Gasteiger partial charge in [-0.25, -0.2) is 15.0 Å². The van der Waals surface area contributed by atoms with E-state index in [4.69, 9.17) is 19.4 Å². The molecule has 2 aromatic heterocycles. The van der Waals surface area contributed by atoms with Crippen LogP contribution in [0.4, 0.5) is 0 Å². The Balaban J connectivity index is 1.15. The predicted molar refractivity (Wildman–Crippen MR) is 236 cm³/mol. The predicted octanol–water partition coefficient (Wildman–Crippen LogP) is 14.2. The van der Waals surface area contributed by atoms with E-state index < -0.39 is 0 Å². The molecule has 12 rings (SSSR count). The quantitative estimate of drug-likeness (QED) is 0.170. The molecule has 2 heterocycles. The summed E-state index contributed by atoms with van der Waals surface area (Å²) < 4.78 is 7.02. The summed E-state index contributed by atoms with van der Waals surface area (Å²) >= 11 is 0. The number of hydrogen-bond donors (Lipinski definition) is 0. The Bertz CT molecular complexity index is 3500. The van der Waals surface area contributed by atoms with Crippen molar-refractivity contribution in [3.63, 3.8) is 0 Å². The van der Waals surface area contributed by atoms with Crippen LogP contribution in [-0.4, -0.2) is 15.0 Å². The third kappa shape index (κ3) is 5.04. The molecule has 0 aliphatic heterocycles. The van der Waals surface area contributed by atoms with Crippen molar-refractivity contribution in [3.05, 3.63) is 188 Å². The average Bonchev–Trinajstić information content (AvgIpc) is 3.66. The van der Waals surface area contributed by atoms with Crippen molar-refractivity contribution >= 4 is 75.8 Å². The second-order valence-electron chi connectivity index (χ2n) is 14.8. The van der Waals surface area contributed by atoms with Crippen molar-refractivity contribution in [2.45, 2.75) is 0 Å². The van der Waals surface area contributed by atoms with Crippen LogP contribution in [0.25, 0.3) is 121 Å². The fourth-order valence-corrected chi connectivity index (χ4v) is 8.75. The molecule has 0 radical (unpaired) electrons. The van der Waals surface area contributed by atoms with E-state index in [-0.39, 0.29) is 0 Å². The third-order valence-corrected chi connectivity index (χ3v) is 11.4. The van der Waals surface area contributed by atoms with Crippen molar-refractivity contribution in [1.29, 1.82) is 0 Å². The molecule has 10 aromatic carbocycles. The van der Waals surface area contributed by atoms with E-state index in [0.717, 1.165) is 71.3 Å². The first-order valence-corrected chi connectivity index (χ1v) is 19.3. The monoisotopic (exact) mass is 725 g/mol. The van der Waals surface area contributed by atoms with Gasteiger partial charge in [-0.1, -0.05) is 158 Å². The highest BCUT2D eigenvalue weighted by atomic mass is 16.3. The van der Waals surface area contributed by atoms with E-state index in [1.807, 2.05) is 6.07 Å². The zero-order valence-electron chi connectivity index (χ0n) is 30.6. The Hall–Kier alpha value is -7.69. The molecule has 0 bridgehead atoms. The van der Waals surface area contributed by atoms with Crippen molar-refractivity contribution in [2.75, 3.05) is 0 Å². The lowest BCUT2D eigenvalue weighted by atomic mass is 9.89. The van der Waals surface area contributed by atoms with Crippen LogP contribution < -0.4 is 0 Å². The van der Waals surface area contributed by atoms with E-state index in [0.29, 0.717) is 17.5 Å². The van der Waals surface area contributed by atoms with Gasteiger partial charge in [0.15, 0.2) is 17.5 Å². The summed E-state index contributed by atoms with van der Waals surface area (Å²) in [5, 5.41) is 13.7. The fraction of sp³-hybridized carbons (Fsp3) is 0. The fourth-order valence-electron chi connectivity index (χ4n) is 8.75. The Labute approximate surface area is 327 Å². The van der Waals surface area contributed by atoms with Gasteiger partial charge in [-0.3, -0.25) is 0 Å². The lowest BCUT2D eigenvalue weighted by Gasteiger charge is -2.14. The molecule has 0 saturated carbocycles. The molecule has 0 amide bonds. The maximum atomic E-state index is 7.02. The van der Waals surface area contributed by atoms with Crippen LogP contribution in [-0.2, 0) is 0 Å². The van der Waals surface area contributed by atoms with Crippen LogP contribution in [0.5, 0.6) is 0 Å². The van der Waals surface area contributed by atoms with Crippen molar-refractivity contribution in [3.8, 4) is 45.3 Å². The largest absolute Gasteiger partial charge is 0.455 e. The van der Waals surface area contributed by atoms with Crippen LogP contribution in [0, 0.1) is 0 Å². The molecule has 0 aliphatic carbocycles. The molecule has 0 aliphatic rings. The molecule has 57 heavy (non-hydrogen) atoms. The van der Waals surface area contributed by atoms with Crippen LogP contribution >= 0.6 is 0 Å². The molecule has 0 N–H and O–H groups in total. The smallest absolute Gasteiger partial charge is 0.164 e. The maximum absolute atomic E-state index is 7.02. The molecule has 0 spiro atoms. The highest BCUT2D eigenvalue weighted by Crippen LogP contribution is 2.46. The standard InChI is InChI=1S/C53H31N3O/c1-3-14-34-28-38(26-24-32(34)12-1)51-54-52(39-27-25-33-13-2-4-15-35(33)29-39)56-53(55-51)44-22-11-23-47-48(44)46-31-37-17-6-8-19-41(37)49(50(46)57-47)45-30-36-16-5-7-18-40(36)42-20-9-10-21-43(42)45/h1-31H. The summed E-state index contributed by atoms with van der Waals surface area (Å²) in [5.41, 5.74) is 6.60. The minimum atomic E-state index is 0.593. The SMILES string of the molecule is c1ccc2cc(-c3nc(-c4ccc5ccccc5c4)nc(-c4cccc5oc6c(-c7cc8ccccc8c8ccccc78)c7ccccc7cc6c45)n3)ccc2c1. The first-order valence-electron chi connectivity index (χ1n) is 19.3. The van der Waals surface area contributed by atoms with Gasteiger partial charge in [0, 0.05) is 33.0 Å². The molecule has 0 atom stereocenters. The Morgan fingerprint density at radius 2 is 0.842 bits per heavy atom. The maximum Gasteiger partial charge on any atom is 0.164 e. The number of hydrogen-bond acceptors (Lipinski definition) is 4. The zero-order valence-corrected chi connectivity index (χ0v) is 30.6. The number of nitrogens with zero attached hydrogens (tertiary/aromatic N) is 3. The number of furan rings is 1. The highest BCUT2D eigenvalue weighted by molar-refractivity contribution is 6.25. The number of fused-ring (bicyclic) bond motifs is 9. The average molecular weight is 726 g/mol. The Kier molecular flexibility index (Phi) is 6.89. The van der Waals surface area contributed by atoms with Gasteiger partial charge in [0.25, 0.3) is 0 Å². The van der Waals surface area contributed by atoms with Gasteiger partial charge < -0.3 is 4.42 Å². The summed E-state index contributed by atoms with van der Waals surface area (Å²) in [4.78, 5) is 15.7. The molecule has 4 nitrogen and oxygen atoms in total. The summed E-state index contributed by atoms with van der Waals surface area (Å²) in [7, 11) is 0. The normalized spacial score (nSPS) is 11.9. The van der Waals surface area contributed by atoms with Gasteiger partial charge >= 0.3 is 0 Å². The molecule has 264 valence electrons. The molecular formula is C53H31N3O. The van der Waals surface area contributed by atoms with E-state index in [9.17, 15) is 0 Å². The molecule has 4 heteroatoms. The number of benzene rings is 10. The van der Waals surface area contributed by atoms with Crippen LogP contribution in [0.2, 0.25) is 0 Å². The van der Waals surface area contributed by atoms with Crippen LogP contribution in [0.3, 0.4) is 0 Å². The van der Waals surface area contributed by atoms with Crippen molar-refractivity contribution in [2.24, 2.45) is 0 Å². The molecular weight excluding hydrogens is 695 g/mol. The lowest BCUT2D eigenvalue weighted by molar-refractivity contribution is 0.670. The molecule has 12 aromatic rings. The van der Waals surface area contributed by atoms with E-state index >= 15 is 0 Å². The second kappa shape index (κ2) is 12.4. The summed E-state index contributed by atoms with van der Waals surface area (Å²) in [5.74, 6) is 1.83. The molecule has 0 unspecified atom stereocenters. The van der Waals surface area contributed by atoms with Gasteiger partial charge in [-0.15, -0.1) is 0 Å². The minimum Gasteiger partial charge on any atom is -0.455 e. The molecule has 0 saturated heterocycles. The first-order chi connectivity index (χ1) is 28.2. The zero-order chi connectivity index (χ0) is 37.5. The topological polar surface area (TPSA) is 51.8 Å². The van der Waals surface area contributed by atoms with Gasteiger partial charge in [0.2, 0.25) is 0 Å². The third-order valence-electron chi connectivity index (χ3n) is 11.4. The molecule has 0 fully saturated rings. The minimum absolute atomic E-state index is 0.593. The lowest BCUT2D eigenvalue weighted by Crippen LogP contribution is -2.00. The van der Waals surface area contributed by atoms with Crippen LogP contribution in [0.15, 0.2) is 192 Å². The summed E-state index contributed by atoms with van der Waals surface area (Å²) in [6, 6.07) is 66.3. The number of rotatable bonds is 4. The van der Waals surface area contributed by atoms with Crippen molar-refractivity contribution < 1.29 is 4.42 Å². The van der Waals surface area contributed by atoms with Gasteiger partial charge in [-0.05, 0) is 89.8 Å². The second-order valence-corrected chi connectivity index (χ2v) is 14.8. The van der Waals surface area contributed by atoms with Gasteiger partial charge in [-0.2, -0.15) is 0 Å². The van der Waals surface area contributed by atoms with Crippen molar-refractivity contribution in [1.82, 2.24) is 15.0 Å². The van der Waals surface area contributed by atoms with E-state index in [1.54, 1.807) is 0 Å². The van der Waals surface area contributed by atoms with Gasteiger partial charge in [0.05, 0.1) is 0 Å². The number of aromatic nitrogens is 3.